The van der Waals surface area contributed by atoms with E-state index in [2.05, 4.69) is 10.1 Å². The molecule has 1 fully saturated rings. The second-order valence-corrected chi connectivity index (χ2v) is 7.69. The van der Waals surface area contributed by atoms with Crippen molar-refractivity contribution in [3.63, 3.8) is 0 Å². The highest BCUT2D eigenvalue weighted by atomic mass is 19.1. The van der Waals surface area contributed by atoms with Crippen molar-refractivity contribution in [1.29, 1.82) is 0 Å². The predicted molar refractivity (Wildman–Crippen MR) is 113 cm³/mol. The van der Waals surface area contributed by atoms with Crippen molar-refractivity contribution >= 4 is 5.91 Å². The molecule has 0 N–H and O–H groups in total. The summed E-state index contributed by atoms with van der Waals surface area (Å²) in [6.07, 6.45) is 5.68. The molecule has 2 aromatic heterocycles. The van der Waals surface area contributed by atoms with Crippen molar-refractivity contribution in [2.75, 3.05) is 13.1 Å². The summed E-state index contributed by atoms with van der Waals surface area (Å²) in [5.41, 5.74) is 2.37. The molecule has 5 rings (SSSR count). The van der Waals surface area contributed by atoms with Gasteiger partial charge in [-0.25, -0.2) is 4.39 Å². The third kappa shape index (κ3) is 3.99. The van der Waals surface area contributed by atoms with Gasteiger partial charge in [0.25, 0.3) is 5.91 Å². The van der Waals surface area contributed by atoms with Crippen LogP contribution >= 0.6 is 0 Å². The third-order valence-corrected chi connectivity index (χ3v) is 5.62. The molecule has 0 bridgehead atoms. The number of hydrogen-bond acceptors (Lipinski definition) is 4. The molecular weight excluding hydrogens is 395 g/mol. The number of carbonyl (C=O) groups is 1. The summed E-state index contributed by atoms with van der Waals surface area (Å²) in [6.45, 7) is 1.23. The molecule has 1 aliphatic rings. The molecule has 0 saturated carbocycles. The molecule has 31 heavy (non-hydrogen) atoms. The Bertz CT molecular complexity index is 1170. The minimum atomic E-state index is -0.310. The molecule has 1 aliphatic heterocycles. The first-order valence-corrected chi connectivity index (χ1v) is 10.3. The van der Waals surface area contributed by atoms with Gasteiger partial charge < -0.3 is 14.0 Å². The van der Waals surface area contributed by atoms with E-state index in [-0.39, 0.29) is 17.6 Å². The Labute approximate surface area is 178 Å². The number of benzene rings is 2. The van der Waals surface area contributed by atoms with E-state index in [0.717, 1.165) is 18.5 Å². The number of halogens is 1. The lowest BCUT2D eigenvalue weighted by molar-refractivity contribution is 0.0695. The van der Waals surface area contributed by atoms with Gasteiger partial charge in [-0.1, -0.05) is 5.16 Å². The van der Waals surface area contributed by atoms with Crippen molar-refractivity contribution in [2.45, 2.75) is 18.8 Å². The highest BCUT2D eigenvalue weighted by molar-refractivity contribution is 5.94. The van der Waals surface area contributed by atoms with Crippen LogP contribution in [0.2, 0.25) is 0 Å². The summed E-state index contributed by atoms with van der Waals surface area (Å²) >= 11 is 0. The van der Waals surface area contributed by atoms with Gasteiger partial charge in [-0.15, -0.1) is 0 Å². The minimum Gasteiger partial charge on any atom is -0.339 e. The first kappa shape index (κ1) is 19.2. The van der Waals surface area contributed by atoms with Gasteiger partial charge in [-0.05, 0) is 73.5 Å². The number of aromatic nitrogens is 3. The van der Waals surface area contributed by atoms with Crippen LogP contribution in [0.3, 0.4) is 0 Å². The van der Waals surface area contributed by atoms with E-state index >= 15 is 0 Å². The summed E-state index contributed by atoms with van der Waals surface area (Å²) in [7, 11) is 0. The summed E-state index contributed by atoms with van der Waals surface area (Å²) in [5.74, 6) is 0.620. The Hall–Kier alpha value is -3.74. The fraction of sp³-hybridized carbons (Fsp3) is 0.208. The lowest BCUT2D eigenvalue weighted by Gasteiger charge is -2.31. The van der Waals surface area contributed by atoms with E-state index in [1.807, 2.05) is 58.3 Å². The summed E-state index contributed by atoms with van der Waals surface area (Å²) in [4.78, 5) is 19.4. The van der Waals surface area contributed by atoms with Crippen LogP contribution in [0.4, 0.5) is 4.39 Å². The van der Waals surface area contributed by atoms with Gasteiger partial charge in [0.15, 0.2) is 0 Å². The maximum Gasteiger partial charge on any atom is 0.253 e. The molecular formula is C24H21FN4O2. The Kier molecular flexibility index (Phi) is 5.08. The summed E-state index contributed by atoms with van der Waals surface area (Å²) < 4.78 is 20.6. The standard InChI is InChI=1S/C24H21FN4O2/c25-20-9-5-17(6-10-20)22-26-23(31-27-22)19-4-3-15-29(16-19)24(30)18-7-11-21(12-8-18)28-13-1-2-14-28/h1-2,5-14,19H,3-4,15-16H2/t19-/m0/s1. The Morgan fingerprint density at radius 3 is 2.52 bits per heavy atom. The highest BCUT2D eigenvalue weighted by Gasteiger charge is 2.29. The van der Waals surface area contributed by atoms with Crippen LogP contribution in [0.15, 0.2) is 77.6 Å². The van der Waals surface area contributed by atoms with Crippen LogP contribution in [-0.2, 0) is 0 Å². The van der Waals surface area contributed by atoms with Crippen LogP contribution in [0.25, 0.3) is 17.1 Å². The van der Waals surface area contributed by atoms with E-state index in [0.29, 0.717) is 35.9 Å². The maximum absolute atomic E-state index is 13.1. The SMILES string of the molecule is O=C(c1ccc(-n2cccc2)cc1)N1CCC[C@H](c2nc(-c3ccc(F)cc3)no2)C1. The predicted octanol–water partition coefficient (Wildman–Crippen LogP) is 4.69. The van der Waals surface area contributed by atoms with Crippen LogP contribution in [0.5, 0.6) is 0 Å². The second kappa shape index (κ2) is 8.18. The Morgan fingerprint density at radius 2 is 1.77 bits per heavy atom. The minimum absolute atomic E-state index is 0.00188. The molecule has 6 nitrogen and oxygen atoms in total. The number of nitrogens with zero attached hydrogens (tertiary/aromatic N) is 4. The average Bonchev–Trinajstić information content (AvgIpc) is 3.52. The molecule has 1 saturated heterocycles. The Morgan fingerprint density at radius 1 is 1.03 bits per heavy atom. The van der Waals surface area contributed by atoms with E-state index in [4.69, 9.17) is 4.52 Å². The van der Waals surface area contributed by atoms with E-state index in [1.54, 1.807) is 12.1 Å². The quantitative estimate of drug-likeness (QED) is 0.484. The molecule has 4 aromatic rings. The lowest BCUT2D eigenvalue weighted by Crippen LogP contribution is -2.39. The molecule has 1 atom stereocenters. The Balaban J connectivity index is 1.29. The van der Waals surface area contributed by atoms with Crippen LogP contribution in [-0.4, -0.2) is 38.6 Å². The molecule has 0 unspecified atom stereocenters. The van der Waals surface area contributed by atoms with E-state index in [9.17, 15) is 9.18 Å². The van der Waals surface area contributed by atoms with Crippen molar-refractivity contribution in [2.24, 2.45) is 0 Å². The first-order valence-electron chi connectivity index (χ1n) is 10.3. The topological polar surface area (TPSA) is 64.2 Å². The highest BCUT2D eigenvalue weighted by Crippen LogP contribution is 2.28. The second-order valence-electron chi connectivity index (χ2n) is 7.69. The third-order valence-electron chi connectivity index (χ3n) is 5.62. The lowest BCUT2D eigenvalue weighted by atomic mass is 9.97. The molecule has 0 aliphatic carbocycles. The first-order chi connectivity index (χ1) is 15.2. The zero-order chi connectivity index (χ0) is 21.2. The molecule has 156 valence electrons. The van der Waals surface area contributed by atoms with Crippen LogP contribution in [0.1, 0.15) is 35.0 Å². The monoisotopic (exact) mass is 416 g/mol. The number of piperidine rings is 1. The number of amides is 1. The smallest absolute Gasteiger partial charge is 0.253 e. The van der Waals surface area contributed by atoms with Gasteiger partial charge in [0.1, 0.15) is 5.82 Å². The van der Waals surface area contributed by atoms with Crippen molar-refractivity contribution in [3.05, 3.63) is 90.3 Å². The summed E-state index contributed by atoms with van der Waals surface area (Å²) in [6, 6.07) is 17.5. The van der Waals surface area contributed by atoms with Gasteiger partial charge >= 0.3 is 0 Å². The van der Waals surface area contributed by atoms with E-state index < -0.39 is 0 Å². The average molecular weight is 416 g/mol. The van der Waals surface area contributed by atoms with Crippen molar-refractivity contribution in [3.8, 4) is 17.1 Å². The van der Waals surface area contributed by atoms with Crippen LogP contribution < -0.4 is 0 Å². The van der Waals surface area contributed by atoms with Gasteiger partial charge in [-0.3, -0.25) is 4.79 Å². The zero-order valence-corrected chi connectivity index (χ0v) is 16.8. The number of hydrogen-bond donors (Lipinski definition) is 0. The molecule has 0 radical (unpaired) electrons. The zero-order valence-electron chi connectivity index (χ0n) is 16.8. The fourth-order valence-electron chi connectivity index (χ4n) is 3.95. The maximum atomic E-state index is 13.1. The van der Waals surface area contributed by atoms with Gasteiger partial charge in [0.2, 0.25) is 11.7 Å². The number of carbonyl (C=O) groups excluding carboxylic acids is 1. The number of likely N-dealkylation sites (tertiary alicyclic amines) is 1. The molecule has 2 aromatic carbocycles. The van der Waals surface area contributed by atoms with Crippen LogP contribution in [0, 0.1) is 5.82 Å². The van der Waals surface area contributed by atoms with E-state index in [1.165, 1.54) is 12.1 Å². The van der Waals surface area contributed by atoms with Gasteiger partial charge in [0.05, 0.1) is 5.92 Å². The van der Waals surface area contributed by atoms with Gasteiger partial charge in [0, 0.05) is 42.3 Å². The number of rotatable bonds is 4. The van der Waals surface area contributed by atoms with Crippen molar-refractivity contribution < 1.29 is 13.7 Å². The molecule has 0 spiro atoms. The normalized spacial score (nSPS) is 16.4. The fourth-order valence-corrected chi connectivity index (χ4v) is 3.95. The molecule has 3 heterocycles. The molecule has 7 heteroatoms. The van der Waals surface area contributed by atoms with Crippen molar-refractivity contribution in [1.82, 2.24) is 19.6 Å². The molecule has 1 amide bonds. The largest absolute Gasteiger partial charge is 0.339 e. The van der Waals surface area contributed by atoms with Gasteiger partial charge in [-0.2, -0.15) is 4.98 Å². The summed E-state index contributed by atoms with van der Waals surface area (Å²) in [5, 5.41) is 4.04.